The highest BCUT2D eigenvalue weighted by Gasteiger charge is 2.18. The molecule has 108 valence electrons. The van der Waals surface area contributed by atoms with Crippen LogP contribution in [0.2, 0.25) is 0 Å². The van der Waals surface area contributed by atoms with E-state index in [-0.39, 0.29) is 4.90 Å². The molecule has 0 fully saturated rings. The number of hydrogen-bond acceptors (Lipinski definition) is 3. The highest BCUT2D eigenvalue weighted by atomic mass is 32.2. The molecule has 0 bridgehead atoms. The monoisotopic (exact) mass is 284 g/mol. The summed E-state index contributed by atoms with van der Waals surface area (Å²) in [5.41, 5.74) is 7.85. The van der Waals surface area contributed by atoms with Gasteiger partial charge in [0.1, 0.15) is 0 Å². The Labute approximate surface area is 116 Å². The molecule has 19 heavy (non-hydrogen) atoms. The van der Waals surface area contributed by atoms with Crippen LogP contribution in [0.1, 0.15) is 37.8 Å². The third kappa shape index (κ3) is 4.51. The first-order chi connectivity index (χ1) is 8.74. The van der Waals surface area contributed by atoms with Crippen LogP contribution in [0.4, 0.5) is 5.69 Å². The Kier molecular flexibility index (Phi) is 5.38. The van der Waals surface area contributed by atoms with E-state index in [2.05, 4.69) is 18.6 Å². The molecule has 0 atom stereocenters. The van der Waals surface area contributed by atoms with Crippen molar-refractivity contribution in [3.8, 4) is 0 Å². The normalized spacial score (nSPS) is 12.1. The number of nitrogens with one attached hydrogen (secondary N) is 1. The fourth-order valence-corrected chi connectivity index (χ4v) is 3.35. The van der Waals surface area contributed by atoms with Gasteiger partial charge in [-0.2, -0.15) is 0 Å². The van der Waals surface area contributed by atoms with E-state index in [1.165, 1.54) is 6.07 Å². The van der Waals surface area contributed by atoms with Crippen LogP contribution < -0.4 is 10.5 Å². The Bertz CT molecular complexity index is 537. The van der Waals surface area contributed by atoms with E-state index in [4.69, 9.17) is 5.73 Å². The minimum atomic E-state index is -3.46. The summed E-state index contributed by atoms with van der Waals surface area (Å²) < 4.78 is 27.1. The first-order valence-corrected chi connectivity index (χ1v) is 8.08. The largest absolute Gasteiger partial charge is 0.399 e. The van der Waals surface area contributed by atoms with Crippen molar-refractivity contribution in [2.45, 2.75) is 45.4 Å². The Balaban J connectivity index is 2.83. The number of anilines is 1. The molecule has 0 radical (unpaired) electrons. The minimum Gasteiger partial charge on any atom is -0.399 e. The first-order valence-electron chi connectivity index (χ1n) is 6.60. The summed E-state index contributed by atoms with van der Waals surface area (Å²) in [5, 5.41) is 0. The molecule has 1 aromatic rings. The highest BCUT2D eigenvalue weighted by molar-refractivity contribution is 7.89. The van der Waals surface area contributed by atoms with Gasteiger partial charge in [-0.1, -0.05) is 13.8 Å². The summed E-state index contributed by atoms with van der Waals surface area (Å²) in [4.78, 5) is 0.287. The lowest BCUT2D eigenvalue weighted by molar-refractivity contribution is 0.539. The van der Waals surface area contributed by atoms with Crippen LogP contribution in [0.15, 0.2) is 17.0 Å². The van der Waals surface area contributed by atoms with E-state index < -0.39 is 10.0 Å². The first kappa shape index (κ1) is 16.0. The van der Waals surface area contributed by atoms with Gasteiger partial charge in [-0.25, -0.2) is 13.1 Å². The third-order valence-corrected chi connectivity index (χ3v) is 4.77. The topological polar surface area (TPSA) is 72.2 Å². The van der Waals surface area contributed by atoms with Gasteiger partial charge in [-0.15, -0.1) is 0 Å². The van der Waals surface area contributed by atoms with E-state index >= 15 is 0 Å². The van der Waals surface area contributed by atoms with Crippen molar-refractivity contribution in [1.29, 1.82) is 0 Å². The molecular weight excluding hydrogens is 260 g/mol. The van der Waals surface area contributed by atoms with Gasteiger partial charge < -0.3 is 5.73 Å². The van der Waals surface area contributed by atoms with E-state index in [1.807, 2.05) is 6.92 Å². The molecule has 4 nitrogen and oxygen atoms in total. The molecule has 0 spiro atoms. The Morgan fingerprint density at radius 2 is 1.89 bits per heavy atom. The molecule has 0 amide bonds. The summed E-state index contributed by atoms with van der Waals surface area (Å²) in [6, 6.07) is 3.31. The Morgan fingerprint density at radius 3 is 2.47 bits per heavy atom. The zero-order valence-corrected chi connectivity index (χ0v) is 13.0. The maximum absolute atomic E-state index is 12.2. The number of nitrogens with two attached hydrogens (primary N) is 1. The van der Waals surface area contributed by atoms with Gasteiger partial charge >= 0.3 is 0 Å². The maximum atomic E-state index is 12.2. The molecule has 5 heteroatoms. The number of rotatable bonds is 6. The van der Waals surface area contributed by atoms with E-state index in [9.17, 15) is 8.42 Å². The lowest BCUT2D eigenvalue weighted by atomic mass is 10.1. The van der Waals surface area contributed by atoms with Crippen molar-refractivity contribution in [1.82, 2.24) is 4.72 Å². The smallest absolute Gasteiger partial charge is 0.240 e. The summed E-state index contributed by atoms with van der Waals surface area (Å²) in [6.45, 7) is 8.38. The molecule has 0 saturated carbocycles. The van der Waals surface area contributed by atoms with Crippen molar-refractivity contribution in [3.63, 3.8) is 0 Å². The lowest BCUT2D eigenvalue weighted by Gasteiger charge is -2.12. The molecule has 0 heterocycles. The fraction of sp³-hybridized carbons (Fsp3) is 0.571. The SMILES string of the molecule is Cc1cc(N)cc(S(=O)(=O)NCCCC(C)C)c1C. The predicted molar refractivity (Wildman–Crippen MR) is 79.6 cm³/mol. The van der Waals surface area contributed by atoms with Gasteiger partial charge in [-0.05, 0) is 55.9 Å². The number of sulfonamides is 1. The third-order valence-electron chi connectivity index (χ3n) is 3.18. The molecule has 1 aromatic carbocycles. The van der Waals surface area contributed by atoms with Crippen molar-refractivity contribution >= 4 is 15.7 Å². The van der Waals surface area contributed by atoms with Gasteiger partial charge in [0.15, 0.2) is 0 Å². The zero-order valence-electron chi connectivity index (χ0n) is 12.2. The predicted octanol–water partition coefficient (Wildman–Crippen LogP) is 2.60. The van der Waals surface area contributed by atoms with Crippen molar-refractivity contribution in [2.75, 3.05) is 12.3 Å². The molecule has 0 unspecified atom stereocenters. The van der Waals surface area contributed by atoms with E-state index in [0.717, 1.165) is 24.0 Å². The van der Waals surface area contributed by atoms with Gasteiger partial charge in [0, 0.05) is 12.2 Å². The Morgan fingerprint density at radius 1 is 1.26 bits per heavy atom. The van der Waals surface area contributed by atoms with Crippen LogP contribution in [-0.4, -0.2) is 15.0 Å². The number of benzene rings is 1. The minimum absolute atomic E-state index is 0.287. The van der Waals surface area contributed by atoms with Crippen LogP contribution in [0.3, 0.4) is 0 Å². The van der Waals surface area contributed by atoms with Gasteiger partial charge in [0.2, 0.25) is 10.0 Å². The number of hydrogen-bond donors (Lipinski definition) is 2. The van der Waals surface area contributed by atoms with Gasteiger partial charge in [0.25, 0.3) is 0 Å². The molecule has 0 saturated heterocycles. The molecular formula is C14H24N2O2S. The van der Waals surface area contributed by atoms with Gasteiger partial charge in [-0.3, -0.25) is 0 Å². The molecule has 3 N–H and O–H groups in total. The number of aryl methyl sites for hydroxylation is 1. The van der Waals surface area contributed by atoms with Crippen LogP contribution in [0.5, 0.6) is 0 Å². The fourth-order valence-electron chi connectivity index (χ4n) is 1.93. The van der Waals surface area contributed by atoms with Crippen LogP contribution in [-0.2, 0) is 10.0 Å². The summed E-state index contributed by atoms with van der Waals surface area (Å²) >= 11 is 0. The van der Waals surface area contributed by atoms with E-state index in [1.54, 1.807) is 13.0 Å². The molecule has 1 rings (SSSR count). The van der Waals surface area contributed by atoms with E-state index in [0.29, 0.717) is 18.2 Å². The second-order valence-corrected chi connectivity index (χ2v) is 7.13. The van der Waals surface area contributed by atoms with Crippen LogP contribution >= 0.6 is 0 Å². The van der Waals surface area contributed by atoms with Crippen molar-refractivity contribution in [2.24, 2.45) is 5.92 Å². The maximum Gasteiger partial charge on any atom is 0.240 e. The van der Waals surface area contributed by atoms with Crippen LogP contribution in [0.25, 0.3) is 0 Å². The molecule has 0 aliphatic heterocycles. The molecule has 0 aromatic heterocycles. The average molecular weight is 284 g/mol. The second-order valence-electron chi connectivity index (χ2n) is 5.39. The standard InChI is InChI=1S/C14H24N2O2S/c1-10(2)6-5-7-16-19(17,18)14-9-13(15)8-11(3)12(14)4/h8-10,16H,5-7,15H2,1-4H3. The Hall–Kier alpha value is -1.07. The molecule has 0 aliphatic carbocycles. The van der Waals surface area contributed by atoms with Crippen molar-refractivity contribution in [3.05, 3.63) is 23.3 Å². The lowest BCUT2D eigenvalue weighted by Crippen LogP contribution is -2.26. The second kappa shape index (κ2) is 6.39. The number of nitrogen functional groups attached to an aromatic ring is 1. The average Bonchev–Trinajstić information content (AvgIpc) is 2.29. The zero-order chi connectivity index (χ0) is 14.6. The highest BCUT2D eigenvalue weighted by Crippen LogP contribution is 2.22. The molecule has 0 aliphatic rings. The van der Waals surface area contributed by atoms with Crippen molar-refractivity contribution < 1.29 is 8.42 Å². The summed E-state index contributed by atoms with van der Waals surface area (Å²) in [6.07, 6.45) is 1.86. The van der Waals surface area contributed by atoms with Gasteiger partial charge in [0.05, 0.1) is 4.90 Å². The van der Waals surface area contributed by atoms with Crippen LogP contribution in [0, 0.1) is 19.8 Å². The summed E-state index contributed by atoms with van der Waals surface area (Å²) in [7, 11) is -3.46. The quantitative estimate of drug-likeness (QED) is 0.623. The summed E-state index contributed by atoms with van der Waals surface area (Å²) in [5.74, 6) is 0.584.